The number of H-pyrrole nitrogens is 2. The topological polar surface area (TPSA) is 142 Å². The number of amides is 2. The minimum Gasteiger partial charge on any atom is -0.494 e. The second-order valence-electron chi connectivity index (χ2n) is 20.3. The molecule has 2 amide bonds. The van der Waals surface area contributed by atoms with E-state index >= 15 is 0 Å². The van der Waals surface area contributed by atoms with Crippen LogP contribution in [0.5, 0.6) is 11.5 Å². The lowest BCUT2D eigenvalue weighted by Crippen LogP contribution is -2.34. The van der Waals surface area contributed by atoms with Gasteiger partial charge in [-0.05, 0) is 187 Å². The zero-order chi connectivity index (χ0) is 56.4. The van der Waals surface area contributed by atoms with Gasteiger partial charge in [-0.15, -0.1) is 0 Å². The first kappa shape index (κ1) is 59.3. The maximum absolute atomic E-state index is 12.2. The van der Waals surface area contributed by atoms with Crippen molar-refractivity contribution in [3.63, 3.8) is 0 Å². The van der Waals surface area contributed by atoms with Gasteiger partial charge in [-0.1, -0.05) is 139 Å². The van der Waals surface area contributed by atoms with Gasteiger partial charge in [0.2, 0.25) is 11.8 Å². The molecule has 0 atom stereocenters. The number of ether oxygens (including phenoxy) is 2. The zero-order valence-corrected chi connectivity index (χ0v) is 48.7. The van der Waals surface area contributed by atoms with E-state index < -0.39 is 0 Å². The number of aromatic nitrogens is 4. The molecule has 2 aliphatic heterocycles. The smallest absolute Gasteiger partial charge is 0.246 e. The molecule has 6 aromatic carbocycles. The van der Waals surface area contributed by atoms with E-state index in [0.717, 1.165) is 128 Å². The highest BCUT2D eigenvalue weighted by Gasteiger charge is 2.18. The van der Waals surface area contributed by atoms with Crippen molar-refractivity contribution in [3.05, 3.63) is 216 Å². The Balaban J connectivity index is 0.000000182. The second kappa shape index (κ2) is 31.8. The van der Waals surface area contributed by atoms with Crippen LogP contribution in [-0.4, -0.2) is 93.3 Å². The van der Waals surface area contributed by atoms with E-state index in [-0.39, 0.29) is 11.8 Å². The average molecular weight is 1150 g/mol. The van der Waals surface area contributed by atoms with Crippen LogP contribution in [0.1, 0.15) is 118 Å². The van der Waals surface area contributed by atoms with Crippen molar-refractivity contribution in [1.29, 1.82) is 0 Å². The molecule has 2 saturated heterocycles. The quantitative estimate of drug-likeness (QED) is 0.0298. The molecule has 81 heavy (non-hydrogen) atoms. The molecule has 0 spiro atoms. The number of unbranched alkanes of at least 4 members (excludes halogenated alkanes) is 2. The summed E-state index contributed by atoms with van der Waals surface area (Å²) in [5.41, 5.74) is 19.9. The van der Waals surface area contributed by atoms with Gasteiger partial charge in [0.1, 0.15) is 18.1 Å². The molecule has 0 bridgehead atoms. The zero-order valence-electron chi connectivity index (χ0n) is 47.1. The molecule has 2 fully saturated rings. The van der Waals surface area contributed by atoms with Crippen molar-refractivity contribution in [2.75, 3.05) is 51.3 Å². The Morgan fingerprint density at radius 2 is 0.963 bits per heavy atom. The maximum atomic E-state index is 12.2. The number of hydrogen-bond acceptors (Lipinski definition) is 7. The van der Waals surface area contributed by atoms with Crippen LogP contribution in [0.4, 0.5) is 0 Å². The summed E-state index contributed by atoms with van der Waals surface area (Å²) in [5, 5.41) is 17.4. The lowest BCUT2D eigenvalue weighted by molar-refractivity contribution is -0.127. The van der Waals surface area contributed by atoms with Gasteiger partial charge in [0.05, 0.1) is 30.0 Å². The maximum Gasteiger partial charge on any atom is 0.246 e. The Bertz CT molecular complexity index is 3330. The van der Waals surface area contributed by atoms with Crippen molar-refractivity contribution < 1.29 is 19.1 Å². The van der Waals surface area contributed by atoms with Crippen LogP contribution >= 0.6 is 15.9 Å². The number of halogens is 1. The highest BCUT2D eigenvalue weighted by molar-refractivity contribution is 9.09. The fourth-order valence-electron chi connectivity index (χ4n) is 10.5. The molecule has 0 saturated carbocycles. The number of nitrogens with one attached hydrogen (secondary N) is 2. The predicted molar refractivity (Wildman–Crippen MR) is 337 cm³/mol. The first-order valence-corrected chi connectivity index (χ1v) is 30.1. The highest BCUT2D eigenvalue weighted by Crippen LogP contribution is 2.38. The van der Waals surface area contributed by atoms with Gasteiger partial charge in [-0.25, -0.2) is 0 Å². The molecule has 0 unspecified atom stereocenters. The molecule has 2 aliphatic rings. The van der Waals surface area contributed by atoms with Crippen LogP contribution in [0.15, 0.2) is 182 Å². The van der Waals surface area contributed by atoms with E-state index in [2.05, 4.69) is 184 Å². The number of rotatable bonds is 20. The molecule has 11 nitrogen and oxygen atoms in total. The van der Waals surface area contributed by atoms with E-state index in [1.165, 1.54) is 63.0 Å². The van der Waals surface area contributed by atoms with Crippen LogP contribution in [0.2, 0.25) is 0 Å². The first-order chi connectivity index (χ1) is 39.9. The lowest BCUT2D eigenvalue weighted by atomic mass is 9.88. The van der Waals surface area contributed by atoms with Gasteiger partial charge in [-0.2, -0.15) is 10.2 Å². The summed E-state index contributed by atoms with van der Waals surface area (Å²) < 4.78 is 11.7. The number of carbonyl (C=O) groups excluding carboxylic acids is 2. The summed E-state index contributed by atoms with van der Waals surface area (Å²) in [4.78, 5) is 27.5. The Labute approximate surface area is 487 Å². The standard InChI is InChI=1S/C35H39N3O2.C25H25N3O.C9H14BrNO/c1-2-32(27-13-7-5-8-14-27)35(29-18-21-33-30(25-29)26-36-37-33)28-16-19-31(20-17-28)40-24-12-4-3-9-15-34(39)38-22-10-6-11-23-38;1-2-23(18-6-4-3-5-7-18)25(19-8-11-22(12-9-19)29-15-14-26)20-10-13-24-21(16-20)17-27-28-24;10-6-4-5-9(12)11-7-2-1-3-8-11/h5,7-9,13-21,25-26H,2-4,6,10-12,22-24H2,1H3,(H,36,37);3-13,16-17H,2,14-15,26H2,1H3,(H,27,28);4-5H,1-3,6-8H2/b15-9+,35-32?;;5-4+. The van der Waals surface area contributed by atoms with Crippen molar-refractivity contribution in [2.45, 2.75) is 84.5 Å². The van der Waals surface area contributed by atoms with Crippen molar-refractivity contribution >= 4 is 71.8 Å². The highest BCUT2D eigenvalue weighted by atomic mass is 79.9. The van der Waals surface area contributed by atoms with Crippen LogP contribution in [0.3, 0.4) is 0 Å². The van der Waals surface area contributed by atoms with E-state index in [0.29, 0.717) is 19.8 Å². The third-order valence-corrected chi connectivity index (χ3v) is 15.0. The van der Waals surface area contributed by atoms with Crippen molar-refractivity contribution in [1.82, 2.24) is 30.2 Å². The number of allylic oxidation sites excluding steroid dienone is 4. The molecule has 10 rings (SSSR count). The van der Waals surface area contributed by atoms with Gasteiger partial charge >= 0.3 is 0 Å². The largest absolute Gasteiger partial charge is 0.494 e. The molecule has 420 valence electrons. The number of alkyl halides is 1. The fourth-order valence-corrected chi connectivity index (χ4v) is 10.7. The number of aromatic amines is 2. The van der Waals surface area contributed by atoms with Crippen LogP contribution in [0.25, 0.3) is 44.1 Å². The minimum absolute atomic E-state index is 0.160. The third-order valence-electron chi connectivity index (χ3n) is 14.7. The predicted octanol–water partition coefficient (Wildman–Crippen LogP) is 15.3. The summed E-state index contributed by atoms with van der Waals surface area (Å²) in [7, 11) is 0. The Morgan fingerprint density at radius 3 is 1.40 bits per heavy atom. The van der Waals surface area contributed by atoms with Gasteiger partial charge in [0, 0.05) is 48.8 Å². The minimum atomic E-state index is 0.160. The van der Waals surface area contributed by atoms with E-state index in [4.69, 9.17) is 15.2 Å². The Morgan fingerprint density at radius 1 is 0.531 bits per heavy atom. The lowest BCUT2D eigenvalue weighted by Gasteiger charge is -2.25. The van der Waals surface area contributed by atoms with Crippen LogP contribution < -0.4 is 15.2 Å². The molecule has 4 N–H and O–H groups in total. The van der Waals surface area contributed by atoms with E-state index in [1.807, 2.05) is 46.5 Å². The molecular weight excluding hydrogens is 1070 g/mol. The number of nitrogens with zero attached hydrogens (tertiary/aromatic N) is 4. The Kier molecular flexibility index (Phi) is 23.3. The number of hydrogen-bond donors (Lipinski definition) is 3. The number of piperidine rings is 2. The number of likely N-dealkylation sites (tertiary alicyclic amines) is 2. The van der Waals surface area contributed by atoms with Crippen molar-refractivity contribution in [2.24, 2.45) is 5.73 Å². The van der Waals surface area contributed by atoms with Gasteiger partial charge < -0.3 is 25.0 Å². The molecule has 12 heteroatoms. The van der Waals surface area contributed by atoms with E-state index in [1.54, 1.807) is 12.2 Å². The molecule has 0 aliphatic carbocycles. The van der Waals surface area contributed by atoms with E-state index in [9.17, 15) is 9.59 Å². The Hall–Kier alpha value is -7.80. The van der Waals surface area contributed by atoms with Crippen molar-refractivity contribution in [3.8, 4) is 11.5 Å². The van der Waals surface area contributed by atoms with Gasteiger partial charge in [0.25, 0.3) is 0 Å². The van der Waals surface area contributed by atoms with Gasteiger partial charge in [-0.3, -0.25) is 19.8 Å². The molecule has 4 heterocycles. The van der Waals surface area contributed by atoms with Crippen LogP contribution in [-0.2, 0) is 9.59 Å². The number of nitrogens with two attached hydrogens (primary N) is 1. The normalized spacial score (nSPS) is 14.2. The summed E-state index contributed by atoms with van der Waals surface area (Å²) in [5.74, 6) is 2.03. The summed E-state index contributed by atoms with van der Waals surface area (Å²) in [6.07, 6.45) is 22.8. The number of carbonyl (C=O) groups is 2. The molecule has 2 aromatic heterocycles. The number of fused-ring (bicyclic) bond motifs is 2. The molecular formula is C69H78BrN7O4. The second-order valence-corrected chi connectivity index (χ2v) is 20.9. The third kappa shape index (κ3) is 17.1. The average Bonchev–Trinajstić information content (AvgIpc) is 4.40. The molecule has 0 radical (unpaired) electrons. The fraction of sp³-hybridized carbons (Fsp3) is 0.304. The SMILES string of the molecule is CCC(=C(c1ccc(OCCCC/C=C/C(=O)N2CCCCC2)cc1)c1ccc2[nH]ncc2c1)c1ccccc1.CCC(=C(c1ccc(OCCN)cc1)c1ccc2[nH]ncc2c1)c1ccccc1.O=C(/C=C/CBr)N1CCCCC1. The summed E-state index contributed by atoms with van der Waals surface area (Å²) in [6, 6.07) is 50.9. The first-order valence-electron chi connectivity index (χ1n) is 28.9. The molecule has 8 aromatic rings. The summed E-state index contributed by atoms with van der Waals surface area (Å²) >= 11 is 3.24. The monoisotopic (exact) mass is 1150 g/mol. The number of benzene rings is 6. The van der Waals surface area contributed by atoms with Gasteiger partial charge in [0.15, 0.2) is 0 Å². The van der Waals surface area contributed by atoms with Crippen LogP contribution in [0, 0.1) is 0 Å². The summed E-state index contributed by atoms with van der Waals surface area (Å²) in [6.45, 7) is 9.78.